The van der Waals surface area contributed by atoms with Crippen LogP contribution in [-0.4, -0.2) is 44.9 Å². The predicted octanol–water partition coefficient (Wildman–Crippen LogP) is 1.81. The molecule has 0 bridgehead atoms. The van der Waals surface area contributed by atoms with Crippen molar-refractivity contribution in [3.8, 4) is 5.75 Å². The standard InChI is InChI=1S/C15H24N2O2/c1-18-10-9-17(13-5-6-13)15(11-16)12-3-7-14(19-2)8-4-12/h3-4,7-8,13,15H,5-6,9-11,16H2,1-2H3. The van der Waals surface area contributed by atoms with Gasteiger partial charge in [0.1, 0.15) is 5.75 Å². The van der Waals surface area contributed by atoms with Crippen molar-refractivity contribution in [1.82, 2.24) is 4.90 Å². The van der Waals surface area contributed by atoms with Crippen molar-refractivity contribution in [2.24, 2.45) is 5.73 Å². The summed E-state index contributed by atoms with van der Waals surface area (Å²) in [6.45, 7) is 2.32. The van der Waals surface area contributed by atoms with E-state index in [-0.39, 0.29) is 6.04 Å². The monoisotopic (exact) mass is 264 g/mol. The number of rotatable bonds is 8. The third-order valence-corrected chi connectivity index (χ3v) is 3.69. The molecule has 0 heterocycles. The zero-order chi connectivity index (χ0) is 13.7. The molecular weight excluding hydrogens is 240 g/mol. The molecular formula is C15H24N2O2. The number of hydrogen-bond donors (Lipinski definition) is 1. The van der Waals surface area contributed by atoms with E-state index in [1.54, 1.807) is 14.2 Å². The van der Waals surface area contributed by atoms with Crippen LogP contribution < -0.4 is 10.5 Å². The average molecular weight is 264 g/mol. The Balaban J connectivity index is 2.10. The minimum atomic E-state index is 0.272. The molecule has 0 aromatic heterocycles. The van der Waals surface area contributed by atoms with Gasteiger partial charge in [-0.05, 0) is 30.5 Å². The average Bonchev–Trinajstić information content (AvgIpc) is 3.28. The van der Waals surface area contributed by atoms with E-state index in [4.69, 9.17) is 15.2 Å². The smallest absolute Gasteiger partial charge is 0.118 e. The first kappa shape index (κ1) is 14.3. The van der Waals surface area contributed by atoms with Gasteiger partial charge in [0.2, 0.25) is 0 Å². The van der Waals surface area contributed by atoms with Crippen molar-refractivity contribution < 1.29 is 9.47 Å². The second-order valence-electron chi connectivity index (χ2n) is 4.99. The Hall–Kier alpha value is -1.10. The van der Waals surface area contributed by atoms with Gasteiger partial charge in [0.15, 0.2) is 0 Å². The van der Waals surface area contributed by atoms with E-state index in [1.807, 2.05) is 12.1 Å². The Bertz CT molecular complexity index is 376. The molecule has 19 heavy (non-hydrogen) atoms. The van der Waals surface area contributed by atoms with Crippen molar-refractivity contribution in [2.75, 3.05) is 33.9 Å². The Kier molecular flexibility index (Phi) is 5.19. The summed E-state index contributed by atoms with van der Waals surface area (Å²) in [5.41, 5.74) is 7.26. The maximum Gasteiger partial charge on any atom is 0.118 e. The molecule has 0 saturated heterocycles. The van der Waals surface area contributed by atoms with E-state index in [0.29, 0.717) is 12.6 Å². The number of benzene rings is 1. The molecule has 106 valence electrons. The van der Waals surface area contributed by atoms with E-state index in [9.17, 15) is 0 Å². The summed E-state index contributed by atoms with van der Waals surface area (Å²) in [7, 11) is 3.43. The van der Waals surface area contributed by atoms with Gasteiger partial charge in [-0.15, -0.1) is 0 Å². The molecule has 1 aromatic rings. The largest absolute Gasteiger partial charge is 0.497 e. The quantitative estimate of drug-likeness (QED) is 0.778. The molecule has 1 fully saturated rings. The topological polar surface area (TPSA) is 47.7 Å². The minimum Gasteiger partial charge on any atom is -0.497 e. The van der Waals surface area contributed by atoms with Gasteiger partial charge in [-0.3, -0.25) is 4.90 Å². The van der Waals surface area contributed by atoms with Crippen LogP contribution in [0.25, 0.3) is 0 Å². The highest BCUT2D eigenvalue weighted by Crippen LogP contribution is 2.34. The van der Waals surface area contributed by atoms with E-state index in [1.165, 1.54) is 18.4 Å². The first-order chi connectivity index (χ1) is 9.30. The Labute approximate surface area is 115 Å². The number of hydrogen-bond acceptors (Lipinski definition) is 4. The Morgan fingerprint density at radius 3 is 2.42 bits per heavy atom. The van der Waals surface area contributed by atoms with Crippen LogP contribution in [0.1, 0.15) is 24.4 Å². The molecule has 0 radical (unpaired) electrons. The summed E-state index contributed by atoms with van der Waals surface area (Å²) in [6.07, 6.45) is 2.55. The highest BCUT2D eigenvalue weighted by atomic mass is 16.5. The van der Waals surface area contributed by atoms with Crippen LogP contribution in [0.4, 0.5) is 0 Å². The molecule has 2 rings (SSSR count). The zero-order valence-electron chi connectivity index (χ0n) is 11.8. The van der Waals surface area contributed by atoms with Crippen molar-refractivity contribution in [2.45, 2.75) is 24.9 Å². The highest BCUT2D eigenvalue weighted by Gasteiger charge is 2.33. The Morgan fingerprint density at radius 2 is 1.95 bits per heavy atom. The minimum absolute atomic E-state index is 0.272. The summed E-state index contributed by atoms with van der Waals surface area (Å²) in [5.74, 6) is 0.884. The van der Waals surface area contributed by atoms with E-state index in [2.05, 4.69) is 17.0 Å². The predicted molar refractivity (Wildman–Crippen MR) is 76.4 cm³/mol. The first-order valence-corrected chi connectivity index (χ1v) is 6.88. The molecule has 4 nitrogen and oxygen atoms in total. The third-order valence-electron chi connectivity index (χ3n) is 3.69. The second kappa shape index (κ2) is 6.89. The summed E-state index contributed by atoms with van der Waals surface area (Å²) in [5, 5.41) is 0. The van der Waals surface area contributed by atoms with E-state index in [0.717, 1.165) is 18.9 Å². The van der Waals surface area contributed by atoms with Gasteiger partial charge in [0.05, 0.1) is 13.7 Å². The molecule has 0 spiro atoms. The van der Waals surface area contributed by atoms with Crippen molar-refractivity contribution in [3.63, 3.8) is 0 Å². The lowest BCUT2D eigenvalue weighted by atomic mass is 10.0. The fourth-order valence-corrected chi connectivity index (χ4v) is 2.48. The number of nitrogens with two attached hydrogens (primary N) is 1. The molecule has 1 aliphatic rings. The van der Waals surface area contributed by atoms with Crippen LogP contribution in [-0.2, 0) is 4.74 Å². The summed E-state index contributed by atoms with van der Waals surface area (Å²) >= 11 is 0. The normalized spacial score (nSPS) is 16.6. The lowest BCUT2D eigenvalue weighted by Crippen LogP contribution is -2.37. The zero-order valence-corrected chi connectivity index (χ0v) is 11.8. The lowest BCUT2D eigenvalue weighted by molar-refractivity contribution is 0.115. The third kappa shape index (κ3) is 3.69. The summed E-state index contributed by atoms with van der Waals surface area (Å²) in [6, 6.07) is 9.16. The van der Waals surface area contributed by atoms with Gasteiger partial charge in [-0.25, -0.2) is 0 Å². The van der Waals surface area contributed by atoms with E-state index >= 15 is 0 Å². The van der Waals surface area contributed by atoms with Crippen LogP contribution in [0.5, 0.6) is 5.75 Å². The molecule has 0 amide bonds. The molecule has 4 heteroatoms. The van der Waals surface area contributed by atoms with Crippen LogP contribution in [0.15, 0.2) is 24.3 Å². The van der Waals surface area contributed by atoms with Crippen LogP contribution in [0, 0.1) is 0 Å². The molecule has 1 saturated carbocycles. The molecule has 1 aliphatic carbocycles. The fourth-order valence-electron chi connectivity index (χ4n) is 2.48. The van der Waals surface area contributed by atoms with Crippen molar-refractivity contribution in [1.29, 1.82) is 0 Å². The van der Waals surface area contributed by atoms with Crippen molar-refractivity contribution in [3.05, 3.63) is 29.8 Å². The first-order valence-electron chi connectivity index (χ1n) is 6.88. The van der Waals surface area contributed by atoms with Crippen LogP contribution in [0.3, 0.4) is 0 Å². The molecule has 1 aromatic carbocycles. The molecule has 2 N–H and O–H groups in total. The Morgan fingerprint density at radius 1 is 1.26 bits per heavy atom. The lowest BCUT2D eigenvalue weighted by Gasteiger charge is -2.31. The summed E-state index contributed by atoms with van der Waals surface area (Å²) < 4.78 is 10.4. The molecule has 1 unspecified atom stereocenters. The van der Waals surface area contributed by atoms with Crippen molar-refractivity contribution >= 4 is 0 Å². The number of ether oxygens (including phenoxy) is 2. The molecule has 0 aliphatic heterocycles. The maximum atomic E-state index is 6.00. The van der Waals surface area contributed by atoms with Gasteiger partial charge < -0.3 is 15.2 Å². The van der Waals surface area contributed by atoms with Gasteiger partial charge in [0.25, 0.3) is 0 Å². The maximum absolute atomic E-state index is 6.00. The summed E-state index contributed by atoms with van der Waals surface area (Å²) in [4.78, 5) is 2.48. The van der Waals surface area contributed by atoms with Gasteiger partial charge in [0, 0.05) is 32.3 Å². The van der Waals surface area contributed by atoms with Gasteiger partial charge in [-0.1, -0.05) is 12.1 Å². The van der Waals surface area contributed by atoms with Crippen LogP contribution >= 0.6 is 0 Å². The SMILES string of the molecule is COCCN(C1CC1)C(CN)c1ccc(OC)cc1. The number of methoxy groups -OCH3 is 2. The highest BCUT2D eigenvalue weighted by molar-refractivity contribution is 5.29. The van der Waals surface area contributed by atoms with Gasteiger partial charge >= 0.3 is 0 Å². The number of nitrogens with zero attached hydrogens (tertiary/aromatic N) is 1. The van der Waals surface area contributed by atoms with E-state index < -0.39 is 0 Å². The second-order valence-corrected chi connectivity index (χ2v) is 4.99. The van der Waals surface area contributed by atoms with Crippen LogP contribution in [0.2, 0.25) is 0 Å². The fraction of sp³-hybridized carbons (Fsp3) is 0.600. The molecule has 1 atom stereocenters. The van der Waals surface area contributed by atoms with Gasteiger partial charge in [-0.2, -0.15) is 0 Å².